The fourth-order valence-electron chi connectivity index (χ4n) is 3.72. The number of halogens is 1. The zero-order valence-corrected chi connectivity index (χ0v) is 14.6. The van der Waals surface area contributed by atoms with Gasteiger partial charge < -0.3 is 0 Å². The highest BCUT2D eigenvalue weighted by Crippen LogP contribution is 2.33. The van der Waals surface area contributed by atoms with Crippen LogP contribution in [0.4, 0.5) is 0 Å². The lowest BCUT2D eigenvalue weighted by Crippen LogP contribution is -2.65. The van der Waals surface area contributed by atoms with E-state index in [1.54, 1.807) is 0 Å². The van der Waals surface area contributed by atoms with Crippen molar-refractivity contribution in [3.05, 3.63) is 0 Å². The van der Waals surface area contributed by atoms with Crippen LogP contribution in [0.1, 0.15) is 51.9 Å². The largest absolute Gasteiger partial charge is 0.284 e. The third kappa shape index (κ3) is 4.06. The molecule has 0 aromatic heterocycles. The summed E-state index contributed by atoms with van der Waals surface area (Å²) in [5.74, 6) is 1.93. The summed E-state index contributed by atoms with van der Waals surface area (Å²) in [4.78, 5) is 0. The van der Waals surface area contributed by atoms with Crippen molar-refractivity contribution in [1.29, 1.82) is 0 Å². The monoisotopic (exact) mass is 332 g/mol. The van der Waals surface area contributed by atoms with Gasteiger partial charge in [-0.3, -0.25) is 10.6 Å². The van der Waals surface area contributed by atoms with Gasteiger partial charge in [-0.05, 0) is 30.9 Å². The molecule has 0 amide bonds. The maximum absolute atomic E-state index is 6.51. The predicted octanol–water partition coefficient (Wildman–Crippen LogP) is 2.66. The number of rotatable bonds is 6. The van der Waals surface area contributed by atoms with Crippen molar-refractivity contribution in [3.8, 4) is 0 Å². The van der Waals surface area contributed by atoms with E-state index in [1.807, 2.05) is 11.8 Å². The molecule has 2 aliphatic heterocycles. The Morgan fingerprint density at radius 2 is 2.10 bits per heavy atom. The highest BCUT2D eigenvalue weighted by atomic mass is 35.5. The molecule has 2 saturated heterocycles. The Labute approximate surface area is 138 Å². The summed E-state index contributed by atoms with van der Waals surface area (Å²) in [5, 5.41) is 10.0. The quantitative estimate of drug-likeness (QED) is 0.515. The second-order valence-electron chi connectivity index (χ2n) is 6.56. The molecule has 6 heteroatoms. The first kappa shape index (κ1) is 16.3. The number of nitrogens with one attached hydrogen (secondary N) is 3. The van der Waals surface area contributed by atoms with Crippen LogP contribution in [-0.4, -0.2) is 40.5 Å². The molecule has 0 aromatic carbocycles. The average Bonchev–Trinajstić information content (AvgIpc) is 2.87. The van der Waals surface area contributed by atoms with Crippen LogP contribution in [0.2, 0.25) is 0 Å². The molecule has 3 N–H and O–H groups in total. The number of thioether (sulfide) groups is 1. The summed E-state index contributed by atoms with van der Waals surface area (Å²) in [5.41, 5.74) is 3.96. The highest BCUT2D eigenvalue weighted by Gasteiger charge is 2.44. The van der Waals surface area contributed by atoms with E-state index in [4.69, 9.17) is 11.6 Å². The number of hydrogen-bond acceptors (Lipinski definition) is 5. The maximum atomic E-state index is 6.51. The van der Waals surface area contributed by atoms with E-state index >= 15 is 0 Å². The molecule has 4 nitrogen and oxygen atoms in total. The number of unbranched alkanes of at least 4 members (excludes halogenated alkanes) is 3. The van der Waals surface area contributed by atoms with Crippen LogP contribution < -0.4 is 16.1 Å². The fraction of sp³-hybridized carbons (Fsp3) is 1.00. The lowest BCUT2D eigenvalue weighted by molar-refractivity contribution is 0.0350. The van der Waals surface area contributed by atoms with Gasteiger partial charge in [-0.15, -0.1) is 23.4 Å². The predicted molar refractivity (Wildman–Crippen MR) is 91.1 cm³/mol. The molecule has 3 rings (SSSR count). The summed E-state index contributed by atoms with van der Waals surface area (Å²) in [6.07, 6.45) is 9.35. The van der Waals surface area contributed by atoms with Crippen LogP contribution in [0.5, 0.6) is 0 Å². The van der Waals surface area contributed by atoms with E-state index in [0.29, 0.717) is 22.8 Å². The first-order valence-corrected chi connectivity index (χ1v) is 10.1. The number of fused-ring (bicyclic) bond motifs is 2. The molecule has 3 fully saturated rings. The van der Waals surface area contributed by atoms with Crippen molar-refractivity contribution in [2.45, 2.75) is 75.1 Å². The normalized spacial score (nSPS) is 40.0. The topological polar surface area (TPSA) is 39.3 Å². The molecule has 122 valence electrons. The zero-order chi connectivity index (χ0) is 14.7. The van der Waals surface area contributed by atoms with Crippen molar-refractivity contribution < 1.29 is 0 Å². The Balaban J connectivity index is 1.43. The van der Waals surface area contributed by atoms with Crippen LogP contribution in [0.25, 0.3) is 0 Å². The minimum absolute atomic E-state index is 0.249. The third-order valence-electron chi connectivity index (χ3n) is 4.92. The summed E-state index contributed by atoms with van der Waals surface area (Å²) in [6, 6.07) is 0.476. The molecule has 0 aromatic rings. The molecule has 5 unspecified atom stereocenters. The van der Waals surface area contributed by atoms with Crippen molar-refractivity contribution in [3.63, 3.8) is 0 Å². The minimum atomic E-state index is 0.249. The summed E-state index contributed by atoms with van der Waals surface area (Å²) < 4.78 is 0. The van der Waals surface area contributed by atoms with Crippen LogP contribution in [0.3, 0.4) is 0 Å². The molecular formula is C15H29ClN4S. The minimum Gasteiger partial charge on any atom is -0.284 e. The van der Waals surface area contributed by atoms with Gasteiger partial charge in [-0.2, -0.15) is 0 Å². The molecule has 3 aliphatic rings. The molecule has 1 aliphatic carbocycles. The van der Waals surface area contributed by atoms with Gasteiger partial charge in [0.1, 0.15) is 11.8 Å². The smallest absolute Gasteiger partial charge is 0.129 e. The van der Waals surface area contributed by atoms with E-state index in [2.05, 4.69) is 28.0 Å². The van der Waals surface area contributed by atoms with Gasteiger partial charge in [0, 0.05) is 18.0 Å². The van der Waals surface area contributed by atoms with Crippen molar-refractivity contribution >= 4 is 23.4 Å². The number of nitrogens with zero attached hydrogens (tertiary/aromatic N) is 1. The summed E-state index contributed by atoms with van der Waals surface area (Å²) >= 11 is 8.51. The van der Waals surface area contributed by atoms with E-state index < -0.39 is 0 Å². The van der Waals surface area contributed by atoms with E-state index in [9.17, 15) is 0 Å². The molecule has 1 saturated carbocycles. The molecule has 21 heavy (non-hydrogen) atoms. The van der Waals surface area contributed by atoms with Gasteiger partial charge >= 0.3 is 0 Å². The van der Waals surface area contributed by atoms with Crippen molar-refractivity contribution in [2.24, 2.45) is 5.92 Å². The van der Waals surface area contributed by atoms with E-state index in [1.165, 1.54) is 44.3 Å². The Hall–Kier alpha value is 0.480. The molecule has 0 radical (unpaired) electrons. The Bertz CT molecular complexity index is 333. The van der Waals surface area contributed by atoms with Gasteiger partial charge in [0.2, 0.25) is 0 Å². The van der Waals surface area contributed by atoms with E-state index in [-0.39, 0.29) is 6.29 Å². The second kappa shape index (κ2) is 7.84. The first-order chi connectivity index (χ1) is 10.3. The molecule has 0 bridgehead atoms. The Morgan fingerprint density at radius 3 is 2.95 bits per heavy atom. The molecule has 2 heterocycles. The van der Waals surface area contributed by atoms with Crippen LogP contribution in [0.15, 0.2) is 0 Å². The molecule has 0 spiro atoms. The second-order valence-corrected chi connectivity index (χ2v) is 8.34. The van der Waals surface area contributed by atoms with Gasteiger partial charge in [-0.1, -0.05) is 32.6 Å². The van der Waals surface area contributed by atoms with Crippen molar-refractivity contribution in [2.75, 3.05) is 12.3 Å². The third-order valence-corrected chi connectivity index (χ3v) is 6.51. The SMILES string of the molecule is CCCCCCSC1NC2NC3C(Cl)CCCC3CN2N1. The van der Waals surface area contributed by atoms with Gasteiger partial charge in [0.25, 0.3) is 0 Å². The Kier molecular flexibility index (Phi) is 6.10. The lowest BCUT2D eigenvalue weighted by atomic mass is 9.83. The fourth-order valence-corrected chi connectivity index (χ4v) is 5.19. The van der Waals surface area contributed by atoms with Crippen LogP contribution >= 0.6 is 23.4 Å². The van der Waals surface area contributed by atoms with Gasteiger partial charge in [0.05, 0.1) is 0 Å². The lowest BCUT2D eigenvalue weighted by Gasteiger charge is -2.45. The standard InChI is InChI=1S/C15H29ClN4S/c1-2-3-4-5-9-21-15-18-14-17-13-11(10-20(14)19-15)7-6-8-12(13)16/h11-15,17-19H,2-10H2,1H3. The Morgan fingerprint density at radius 1 is 1.19 bits per heavy atom. The first-order valence-electron chi connectivity index (χ1n) is 8.58. The number of hydrazine groups is 1. The maximum Gasteiger partial charge on any atom is 0.129 e. The molecular weight excluding hydrogens is 304 g/mol. The summed E-state index contributed by atoms with van der Waals surface area (Å²) in [6.45, 7) is 3.38. The van der Waals surface area contributed by atoms with E-state index in [0.717, 1.165) is 13.0 Å². The highest BCUT2D eigenvalue weighted by molar-refractivity contribution is 7.99. The number of hydrogen-bond donors (Lipinski definition) is 3. The van der Waals surface area contributed by atoms with Crippen LogP contribution in [0, 0.1) is 5.92 Å². The van der Waals surface area contributed by atoms with Crippen molar-refractivity contribution in [1.82, 2.24) is 21.1 Å². The zero-order valence-electron chi connectivity index (χ0n) is 13.0. The summed E-state index contributed by atoms with van der Waals surface area (Å²) in [7, 11) is 0. The average molecular weight is 333 g/mol. The van der Waals surface area contributed by atoms with Crippen LogP contribution in [-0.2, 0) is 0 Å². The number of alkyl halides is 1. The van der Waals surface area contributed by atoms with Gasteiger partial charge in [-0.25, -0.2) is 10.4 Å². The molecule has 5 atom stereocenters. The van der Waals surface area contributed by atoms with Gasteiger partial charge in [0.15, 0.2) is 0 Å².